The van der Waals surface area contributed by atoms with Gasteiger partial charge in [0, 0.05) is 38.0 Å². The first-order chi connectivity index (χ1) is 22.3. The van der Waals surface area contributed by atoms with Crippen LogP contribution in [0.1, 0.15) is 0 Å². The van der Waals surface area contributed by atoms with Crippen LogP contribution in [-0.2, 0) is 0 Å². The largest absolute Gasteiger partial charge is 0.309 e. The Balaban J connectivity index is 1.29. The van der Waals surface area contributed by atoms with E-state index in [0.717, 1.165) is 22.5 Å². The van der Waals surface area contributed by atoms with Crippen molar-refractivity contribution in [3.63, 3.8) is 0 Å². The van der Waals surface area contributed by atoms with Crippen LogP contribution in [0.4, 0.5) is 0 Å². The summed E-state index contributed by atoms with van der Waals surface area (Å²) in [7, 11) is 0. The Morgan fingerprint density at radius 2 is 0.933 bits per heavy atom. The van der Waals surface area contributed by atoms with E-state index in [1.54, 1.807) is 22.7 Å². The van der Waals surface area contributed by atoms with Gasteiger partial charge in [-0.05, 0) is 58.0 Å². The molecule has 45 heavy (non-hydrogen) atoms. The number of fused-ring (bicyclic) bond motifs is 4. The van der Waals surface area contributed by atoms with Gasteiger partial charge >= 0.3 is 0 Å². The summed E-state index contributed by atoms with van der Waals surface area (Å²) in [6.45, 7) is 0. The average molecular weight is 612 g/mol. The molecule has 0 radical (unpaired) electrons. The molecule has 0 spiro atoms. The van der Waals surface area contributed by atoms with Crippen LogP contribution < -0.4 is 0 Å². The summed E-state index contributed by atoms with van der Waals surface area (Å²) in [5.74, 6) is 0. The van der Waals surface area contributed by atoms with Crippen LogP contribution in [0, 0.1) is 0 Å². The SMILES string of the molecule is c1cc(-c2ccc3c4ccc(-c5cccc(-c6cscn6)c5)cc4n(-c4cccc5ccccc45)c3c2)cc(-c2cscn2)c1. The highest BCUT2D eigenvalue weighted by Gasteiger charge is 2.17. The first kappa shape index (κ1) is 26.1. The zero-order chi connectivity index (χ0) is 29.7. The summed E-state index contributed by atoms with van der Waals surface area (Å²) >= 11 is 3.25. The van der Waals surface area contributed by atoms with Crippen LogP contribution in [-0.4, -0.2) is 14.5 Å². The van der Waals surface area contributed by atoms with Crippen molar-refractivity contribution in [1.82, 2.24) is 14.5 Å². The molecule has 0 unspecified atom stereocenters. The van der Waals surface area contributed by atoms with Crippen molar-refractivity contribution < 1.29 is 0 Å². The monoisotopic (exact) mass is 611 g/mol. The van der Waals surface area contributed by atoms with Gasteiger partial charge in [0.1, 0.15) is 0 Å². The molecule has 9 aromatic rings. The van der Waals surface area contributed by atoms with Gasteiger partial charge < -0.3 is 4.57 Å². The van der Waals surface area contributed by atoms with Crippen molar-refractivity contribution >= 4 is 55.3 Å². The Kier molecular flexibility index (Phi) is 6.18. The molecule has 3 nitrogen and oxygen atoms in total. The molecule has 212 valence electrons. The molecular weight excluding hydrogens is 587 g/mol. The van der Waals surface area contributed by atoms with Gasteiger partial charge in [-0.25, -0.2) is 9.97 Å². The summed E-state index contributed by atoms with van der Waals surface area (Å²) in [5.41, 5.74) is 16.3. The molecule has 0 saturated carbocycles. The molecule has 3 heterocycles. The lowest BCUT2D eigenvalue weighted by molar-refractivity contribution is 1.20. The third kappa shape index (κ3) is 4.48. The summed E-state index contributed by atoms with van der Waals surface area (Å²) in [4.78, 5) is 9.09. The van der Waals surface area contributed by atoms with Gasteiger partial charge in [0.05, 0.1) is 39.1 Å². The number of hydrogen-bond donors (Lipinski definition) is 0. The molecule has 5 heteroatoms. The molecule has 0 aliphatic heterocycles. The Labute approximate surface area is 268 Å². The molecule has 9 rings (SSSR count). The molecule has 0 amide bonds. The second kappa shape index (κ2) is 10.7. The zero-order valence-corrected chi connectivity index (χ0v) is 25.7. The number of thiazole rings is 2. The number of aromatic nitrogens is 3. The van der Waals surface area contributed by atoms with Crippen molar-refractivity contribution in [1.29, 1.82) is 0 Å². The van der Waals surface area contributed by atoms with Gasteiger partial charge in [0.25, 0.3) is 0 Å². The van der Waals surface area contributed by atoms with E-state index in [1.165, 1.54) is 60.5 Å². The predicted molar refractivity (Wildman–Crippen MR) is 191 cm³/mol. The van der Waals surface area contributed by atoms with E-state index in [2.05, 4.69) is 153 Å². The van der Waals surface area contributed by atoms with Crippen LogP contribution in [0.25, 0.3) is 83.0 Å². The van der Waals surface area contributed by atoms with Crippen molar-refractivity contribution in [2.24, 2.45) is 0 Å². The van der Waals surface area contributed by atoms with Crippen LogP contribution in [0.5, 0.6) is 0 Å². The molecule has 0 saturated heterocycles. The van der Waals surface area contributed by atoms with Crippen molar-refractivity contribution in [3.8, 4) is 50.5 Å². The van der Waals surface area contributed by atoms with Crippen LogP contribution in [0.3, 0.4) is 0 Å². The second-order valence-electron chi connectivity index (χ2n) is 11.2. The predicted octanol–water partition coefficient (Wildman–Crippen LogP) is 11.5. The number of rotatable bonds is 5. The first-order valence-electron chi connectivity index (χ1n) is 14.8. The highest BCUT2D eigenvalue weighted by molar-refractivity contribution is 7.08. The molecule has 0 bridgehead atoms. The molecule has 0 N–H and O–H groups in total. The maximum atomic E-state index is 4.55. The Hall–Kier alpha value is -5.36. The van der Waals surface area contributed by atoms with Gasteiger partial charge in [0.2, 0.25) is 0 Å². The topological polar surface area (TPSA) is 30.7 Å². The average Bonchev–Trinajstić information content (AvgIpc) is 3.89. The fourth-order valence-electron chi connectivity index (χ4n) is 6.47. The second-order valence-corrected chi connectivity index (χ2v) is 12.6. The van der Waals surface area contributed by atoms with E-state index in [0.29, 0.717) is 0 Å². The lowest BCUT2D eigenvalue weighted by Gasteiger charge is -2.13. The zero-order valence-electron chi connectivity index (χ0n) is 24.1. The van der Waals surface area contributed by atoms with Gasteiger partial charge in [-0.2, -0.15) is 0 Å². The van der Waals surface area contributed by atoms with Gasteiger partial charge in [0.15, 0.2) is 0 Å². The summed E-state index contributed by atoms with van der Waals surface area (Å²) in [5, 5.41) is 9.13. The Bertz CT molecular complexity index is 2350. The Morgan fingerprint density at radius 1 is 0.422 bits per heavy atom. The summed E-state index contributed by atoms with van der Waals surface area (Å²) in [6.07, 6.45) is 0. The Morgan fingerprint density at radius 3 is 1.51 bits per heavy atom. The minimum absolute atomic E-state index is 1.01. The van der Waals surface area contributed by atoms with Crippen molar-refractivity contribution in [2.75, 3.05) is 0 Å². The van der Waals surface area contributed by atoms with Gasteiger partial charge in [-0.1, -0.05) is 97.1 Å². The molecule has 0 aliphatic rings. The maximum absolute atomic E-state index is 4.55. The smallest absolute Gasteiger partial charge is 0.0811 e. The summed E-state index contributed by atoms with van der Waals surface area (Å²) < 4.78 is 2.45. The third-order valence-corrected chi connectivity index (χ3v) is 9.80. The number of nitrogens with zero attached hydrogens (tertiary/aromatic N) is 3. The van der Waals surface area contributed by atoms with E-state index >= 15 is 0 Å². The highest BCUT2D eigenvalue weighted by atomic mass is 32.1. The third-order valence-electron chi connectivity index (χ3n) is 8.62. The molecule has 6 aromatic carbocycles. The standard InChI is InChI=1S/C40H25N3S2/c1-2-12-33-26(6-1)7-5-13-38(33)43-39-20-29(27-8-3-10-31(18-27)36-22-44-24-41-36)14-16-34(39)35-17-15-30(21-40(35)43)28-9-4-11-32(19-28)37-23-45-25-42-37/h1-25H. The quantitative estimate of drug-likeness (QED) is 0.194. The minimum Gasteiger partial charge on any atom is -0.309 e. The molecule has 0 atom stereocenters. The molecule has 0 aliphatic carbocycles. The van der Waals surface area contributed by atoms with E-state index in [9.17, 15) is 0 Å². The fourth-order valence-corrected chi connectivity index (χ4v) is 7.59. The van der Waals surface area contributed by atoms with Crippen LogP contribution in [0.15, 0.2) is 149 Å². The molecule has 3 aromatic heterocycles. The minimum atomic E-state index is 1.01. The highest BCUT2D eigenvalue weighted by Crippen LogP contribution is 2.39. The van der Waals surface area contributed by atoms with Crippen molar-refractivity contribution in [2.45, 2.75) is 0 Å². The molecular formula is C40H25N3S2. The maximum Gasteiger partial charge on any atom is 0.0811 e. The summed E-state index contributed by atoms with van der Waals surface area (Å²) in [6, 6.07) is 46.4. The van der Waals surface area contributed by atoms with Gasteiger partial charge in [-0.15, -0.1) is 22.7 Å². The van der Waals surface area contributed by atoms with Crippen molar-refractivity contribution in [3.05, 3.63) is 149 Å². The number of hydrogen-bond acceptors (Lipinski definition) is 4. The molecule has 0 fully saturated rings. The first-order valence-corrected chi connectivity index (χ1v) is 16.7. The van der Waals surface area contributed by atoms with E-state index in [-0.39, 0.29) is 0 Å². The normalized spacial score (nSPS) is 11.6. The fraction of sp³-hybridized carbons (Fsp3) is 0. The lowest BCUT2D eigenvalue weighted by Crippen LogP contribution is -1.96. The van der Waals surface area contributed by atoms with E-state index in [4.69, 9.17) is 0 Å². The van der Waals surface area contributed by atoms with Crippen LogP contribution in [0.2, 0.25) is 0 Å². The van der Waals surface area contributed by atoms with E-state index in [1.807, 2.05) is 11.0 Å². The number of benzene rings is 6. The van der Waals surface area contributed by atoms with Gasteiger partial charge in [-0.3, -0.25) is 0 Å². The van der Waals surface area contributed by atoms with E-state index < -0.39 is 0 Å². The lowest BCUT2D eigenvalue weighted by atomic mass is 9.99. The van der Waals surface area contributed by atoms with Crippen LogP contribution >= 0.6 is 22.7 Å².